The number of hydrogen-bond acceptors (Lipinski definition) is 6. The first-order chi connectivity index (χ1) is 13.6. The van der Waals surface area contributed by atoms with Gasteiger partial charge in [0.05, 0.1) is 6.54 Å². The molecule has 3 heterocycles. The van der Waals surface area contributed by atoms with E-state index in [2.05, 4.69) is 9.97 Å². The van der Waals surface area contributed by atoms with Gasteiger partial charge in [0.25, 0.3) is 5.91 Å². The Labute approximate surface area is 162 Å². The van der Waals surface area contributed by atoms with Gasteiger partial charge in [-0.15, -0.1) is 0 Å². The summed E-state index contributed by atoms with van der Waals surface area (Å²) >= 11 is 0. The number of amides is 1. The first kappa shape index (κ1) is 18.2. The van der Waals surface area contributed by atoms with E-state index in [1.807, 2.05) is 19.1 Å². The molecule has 0 N–H and O–H groups in total. The minimum absolute atomic E-state index is 0.0444. The average molecular weight is 379 g/mol. The highest BCUT2D eigenvalue weighted by molar-refractivity contribution is 5.96. The van der Waals surface area contributed by atoms with Crippen LogP contribution in [0.25, 0.3) is 11.0 Å². The van der Waals surface area contributed by atoms with Crippen LogP contribution in [0.2, 0.25) is 0 Å². The third-order valence-electron chi connectivity index (χ3n) is 4.90. The highest BCUT2D eigenvalue weighted by Gasteiger charge is 2.28. The molecule has 1 aliphatic heterocycles. The summed E-state index contributed by atoms with van der Waals surface area (Å²) in [5.74, 6) is -0.338. The second-order valence-electron chi connectivity index (χ2n) is 6.85. The van der Waals surface area contributed by atoms with Gasteiger partial charge in [-0.3, -0.25) is 4.79 Å². The van der Waals surface area contributed by atoms with Crippen molar-refractivity contribution in [2.75, 3.05) is 13.1 Å². The second kappa shape index (κ2) is 7.80. The van der Waals surface area contributed by atoms with E-state index in [9.17, 15) is 9.59 Å². The van der Waals surface area contributed by atoms with E-state index in [1.54, 1.807) is 35.5 Å². The molecule has 0 spiro atoms. The molecular formula is C21H21N3O4. The number of benzene rings is 1. The van der Waals surface area contributed by atoms with Crippen LogP contribution in [0.3, 0.4) is 0 Å². The Hall–Kier alpha value is -3.22. The lowest BCUT2D eigenvalue weighted by atomic mass is 10.1. The molecular weight excluding hydrogens is 358 g/mol. The number of hydrogen-bond donors (Lipinski definition) is 0. The zero-order valence-corrected chi connectivity index (χ0v) is 15.6. The third kappa shape index (κ3) is 3.74. The van der Waals surface area contributed by atoms with Crippen molar-refractivity contribution < 1.29 is 13.9 Å². The van der Waals surface area contributed by atoms with E-state index in [-0.39, 0.29) is 17.6 Å². The highest BCUT2D eigenvalue weighted by Crippen LogP contribution is 2.19. The average Bonchev–Trinajstić information content (AvgIpc) is 2.73. The van der Waals surface area contributed by atoms with Gasteiger partial charge in [-0.1, -0.05) is 25.1 Å². The summed E-state index contributed by atoms with van der Waals surface area (Å²) in [5, 5.41) is 0.722. The number of rotatable bonds is 4. The van der Waals surface area contributed by atoms with Crippen LogP contribution in [0.15, 0.2) is 51.9 Å². The number of para-hydroxylation sites is 1. The van der Waals surface area contributed by atoms with Crippen molar-refractivity contribution in [2.45, 2.75) is 32.3 Å². The maximum absolute atomic E-state index is 12.9. The Kier molecular flexibility index (Phi) is 5.06. The van der Waals surface area contributed by atoms with Gasteiger partial charge in [-0.2, -0.15) is 0 Å². The summed E-state index contributed by atoms with van der Waals surface area (Å²) in [7, 11) is 0. The van der Waals surface area contributed by atoms with Crippen LogP contribution >= 0.6 is 0 Å². The van der Waals surface area contributed by atoms with Crippen molar-refractivity contribution in [3.8, 4) is 6.01 Å². The van der Waals surface area contributed by atoms with Gasteiger partial charge in [-0.25, -0.2) is 14.8 Å². The normalized spacial score (nSPS) is 16.9. The van der Waals surface area contributed by atoms with Gasteiger partial charge in [-0.05, 0) is 37.0 Å². The molecule has 28 heavy (non-hydrogen) atoms. The number of fused-ring (bicyclic) bond motifs is 1. The second-order valence-corrected chi connectivity index (χ2v) is 6.85. The van der Waals surface area contributed by atoms with Crippen LogP contribution in [0, 0.1) is 0 Å². The highest BCUT2D eigenvalue weighted by atomic mass is 16.5. The van der Waals surface area contributed by atoms with E-state index in [0.717, 1.165) is 30.2 Å². The summed E-state index contributed by atoms with van der Waals surface area (Å²) in [5.41, 5.74) is 0.931. The number of carbonyl (C=O) groups excluding carboxylic acids is 1. The van der Waals surface area contributed by atoms with E-state index in [4.69, 9.17) is 9.15 Å². The summed E-state index contributed by atoms with van der Waals surface area (Å²) in [6.07, 6.45) is 5.72. The maximum Gasteiger partial charge on any atom is 0.349 e. The van der Waals surface area contributed by atoms with Gasteiger partial charge < -0.3 is 14.1 Å². The van der Waals surface area contributed by atoms with E-state index < -0.39 is 5.63 Å². The molecule has 1 atom stereocenters. The molecule has 0 bridgehead atoms. The molecule has 1 unspecified atom stereocenters. The van der Waals surface area contributed by atoms with Crippen molar-refractivity contribution in [1.29, 1.82) is 0 Å². The van der Waals surface area contributed by atoms with Crippen molar-refractivity contribution >= 4 is 16.9 Å². The van der Waals surface area contributed by atoms with Crippen LogP contribution in [0.5, 0.6) is 6.01 Å². The van der Waals surface area contributed by atoms with E-state index in [1.165, 1.54) is 0 Å². The number of likely N-dealkylation sites (tertiary alicyclic amines) is 1. The molecule has 1 aliphatic rings. The lowest BCUT2D eigenvalue weighted by molar-refractivity contribution is 0.0512. The van der Waals surface area contributed by atoms with Gasteiger partial charge in [0, 0.05) is 24.3 Å². The molecule has 3 aromatic rings. The Morgan fingerprint density at radius 2 is 2.07 bits per heavy atom. The van der Waals surface area contributed by atoms with Crippen LogP contribution < -0.4 is 10.4 Å². The number of aromatic nitrogens is 2. The minimum atomic E-state index is -0.620. The van der Waals surface area contributed by atoms with Gasteiger partial charge in [0.2, 0.25) is 0 Å². The first-order valence-corrected chi connectivity index (χ1v) is 9.44. The van der Waals surface area contributed by atoms with Crippen LogP contribution in [-0.2, 0) is 6.42 Å². The number of nitrogens with zero attached hydrogens (tertiary/aromatic N) is 3. The molecule has 4 rings (SSSR count). The molecule has 0 radical (unpaired) electrons. The quantitative estimate of drug-likeness (QED) is 0.648. The molecule has 7 nitrogen and oxygen atoms in total. The van der Waals surface area contributed by atoms with Crippen LogP contribution in [0.4, 0.5) is 0 Å². The fourth-order valence-corrected chi connectivity index (χ4v) is 3.34. The Morgan fingerprint density at radius 3 is 2.86 bits per heavy atom. The molecule has 1 fully saturated rings. The standard InChI is InChI=1S/C21H21N3O4/c1-2-14-11-22-21(23-12-14)27-16-7-5-9-24(13-16)19(25)17-10-15-6-3-4-8-18(15)28-20(17)26/h3-4,6,8,10-12,16H,2,5,7,9,13H2,1H3. The predicted octanol–water partition coefficient (Wildman–Crippen LogP) is 2.83. The van der Waals surface area contributed by atoms with E-state index in [0.29, 0.717) is 24.7 Å². The molecule has 7 heteroatoms. The number of piperidine rings is 1. The fourth-order valence-electron chi connectivity index (χ4n) is 3.34. The number of ether oxygens (including phenoxy) is 1. The molecule has 1 saturated heterocycles. The van der Waals surface area contributed by atoms with Crippen LogP contribution in [0.1, 0.15) is 35.7 Å². The summed E-state index contributed by atoms with van der Waals surface area (Å²) in [6, 6.07) is 9.05. The van der Waals surface area contributed by atoms with Crippen molar-refractivity contribution in [3.63, 3.8) is 0 Å². The fraction of sp³-hybridized carbons (Fsp3) is 0.333. The molecule has 1 aromatic carbocycles. The smallest absolute Gasteiger partial charge is 0.349 e. The third-order valence-corrected chi connectivity index (χ3v) is 4.90. The van der Waals surface area contributed by atoms with Gasteiger partial charge in [0.1, 0.15) is 17.3 Å². The van der Waals surface area contributed by atoms with E-state index >= 15 is 0 Å². The molecule has 2 aromatic heterocycles. The van der Waals surface area contributed by atoms with Crippen molar-refractivity contribution in [1.82, 2.24) is 14.9 Å². The zero-order chi connectivity index (χ0) is 19.5. The number of carbonyl (C=O) groups is 1. The zero-order valence-electron chi connectivity index (χ0n) is 15.6. The monoisotopic (exact) mass is 379 g/mol. The molecule has 0 saturated carbocycles. The topological polar surface area (TPSA) is 85.5 Å². The lowest BCUT2D eigenvalue weighted by Crippen LogP contribution is -2.45. The largest absolute Gasteiger partial charge is 0.458 e. The number of aryl methyl sites for hydroxylation is 1. The first-order valence-electron chi connectivity index (χ1n) is 9.44. The van der Waals surface area contributed by atoms with Gasteiger partial charge in [0.15, 0.2) is 0 Å². The maximum atomic E-state index is 12.9. The summed E-state index contributed by atoms with van der Waals surface area (Å²) < 4.78 is 11.1. The van der Waals surface area contributed by atoms with Crippen molar-refractivity contribution in [3.05, 3.63) is 64.3 Å². The Morgan fingerprint density at radius 1 is 1.29 bits per heavy atom. The molecule has 0 aliphatic carbocycles. The lowest BCUT2D eigenvalue weighted by Gasteiger charge is -2.32. The van der Waals surface area contributed by atoms with Gasteiger partial charge >= 0.3 is 11.6 Å². The minimum Gasteiger partial charge on any atom is -0.458 e. The van der Waals surface area contributed by atoms with Crippen LogP contribution in [-0.4, -0.2) is 40.0 Å². The summed E-state index contributed by atoms with van der Waals surface area (Å²) in [4.78, 5) is 35.3. The SMILES string of the molecule is CCc1cnc(OC2CCCN(C(=O)c3cc4ccccc4oc3=O)C2)nc1. The molecule has 144 valence electrons. The molecule has 1 amide bonds. The van der Waals surface area contributed by atoms with Crippen molar-refractivity contribution in [2.24, 2.45) is 0 Å². The Balaban J connectivity index is 1.50. The summed E-state index contributed by atoms with van der Waals surface area (Å²) in [6.45, 7) is 2.98. The predicted molar refractivity (Wildman–Crippen MR) is 103 cm³/mol. The Bertz CT molecular complexity index is 1050.